The first kappa shape index (κ1) is 21.9. The van der Waals surface area contributed by atoms with Crippen LogP contribution in [0.25, 0.3) is 11.0 Å². The summed E-state index contributed by atoms with van der Waals surface area (Å²) in [5, 5.41) is 2.99. The van der Waals surface area contributed by atoms with Gasteiger partial charge in [-0.15, -0.1) is 0 Å². The van der Waals surface area contributed by atoms with Crippen molar-refractivity contribution in [3.8, 4) is 0 Å². The van der Waals surface area contributed by atoms with E-state index in [9.17, 15) is 9.59 Å². The molecule has 1 saturated heterocycles. The molecule has 1 N–H and O–H groups in total. The molecule has 1 atom stereocenters. The SMILES string of the molecule is CCn1cnc2cc(NC(=O)CC3CCCN(C(=O)c4cnc(C(C)C)nc4)C3)ccc21. The number of aryl methyl sites for hydroxylation is 1. The molecule has 3 heterocycles. The van der Waals surface area contributed by atoms with Gasteiger partial charge in [-0.3, -0.25) is 9.59 Å². The fourth-order valence-electron chi connectivity index (χ4n) is 4.21. The summed E-state index contributed by atoms with van der Waals surface area (Å²) < 4.78 is 2.07. The predicted octanol–water partition coefficient (Wildman–Crippen LogP) is 3.85. The summed E-state index contributed by atoms with van der Waals surface area (Å²) in [6.45, 7) is 8.23. The van der Waals surface area contributed by atoms with Gasteiger partial charge in [0.2, 0.25) is 5.91 Å². The van der Waals surface area contributed by atoms with E-state index in [0.29, 0.717) is 25.1 Å². The van der Waals surface area contributed by atoms with Gasteiger partial charge in [0.15, 0.2) is 0 Å². The van der Waals surface area contributed by atoms with E-state index in [1.165, 1.54) is 0 Å². The Morgan fingerprint density at radius 3 is 2.69 bits per heavy atom. The Morgan fingerprint density at radius 1 is 1.19 bits per heavy atom. The number of anilines is 1. The van der Waals surface area contributed by atoms with Crippen LogP contribution in [0.1, 0.15) is 62.1 Å². The normalized spacial score (nSPS) is 16.5. The topological polar surface area (TPSA) is 93.0 Å². The molecule has 0 radical (unpaired) electrons. The van der Waals surface area contributed by atoms with E-state index in [2.05, 4.69) is 31.8 Å². The number of nitrogens with one attached hydrogen (secondary N) is 1. The number of carbonyl (C=O) groups is 2. The summed E-state index contributed by atoms with van der Waals surface area (Å²) >= 11 is 0. The number of fused-ring (bicyclic) bond motifs is 1. The molecule has 8 heteroatoms. The van der Waals surface area contributed by atoms with E-state index in [4.69, 9.17) is 0 Å². The number of imidazole rings is 1. The third kappa shape index (κ3) is 4.79. The third-order valence-corrected chi connectivity index (χ3v) is 5.96. The number of nitrogens with zero attached hydrogens (tertiary/aromatic N) is 5. The molecule has 1 unspecified atom stereocenters. The standard InChI is InChI=1S/C24H30N6O2/c1-4-29-15-27-20-11-19(7-8-21(20)29)28-22(31)10-17-6-5-9-30(14-17)24(32)18-12-25-23(16(2)3)26-13-18/h7-8,11-13,15-17H,4-6,9-10,14H2,1-3H3,(H,28,31). The maximum atomic E-state index is 12.9. The Kier molecular flexibility index (Phi) is 6.48. The second kappa shape index (κ2) is 9.46. The van der Waals surface area contributed by atoms with E-state index in [-0.39, 0.29) is 23.7 Å². The zero-order valence-electron chi connectivity index (χ0n) is 18.9. The van der Waals surface area contributed by atoms with Gasteiger partial charge in [0.25, 0.3) is 5.91 Å². The Labute approximate surface area is 188 Å². The van der Waals surface area contributed by atoms with Gasteiger partial charge in [0.1, 0.15) is 5.82 Å². The molecule has 1 fully saturated rings. The third-order valence-electron chi connectivity index (χ3n) is 5.96. The van der Waals surface area contributed by atoms with Crippen LogP contribution in [0.5, 0.6) is 0 Å². The van der Waals surface area contributed by atoms with Gasteiger partial charge < -0.3 is 14.8 Å². The molecule has 0 bridgehead atoms. The first-order chi connectivity index (χ1) is 15.4. The number of aromatic nitrogens is 4. The molecule has 2 amide bonds. The number of hydrogen-bond donors (Lipinski definition) is 1. The minimum absolute atomic E-state index is 0.0387. The highest BCUT2D eigenvalue weighted by Crippen LogP contribution is 2.23. The van der Waals surface area contributed by atoms with Gasteiger partial charge >= 0.3 is 0 Å². The fraction of sp³-hybridized carbons (Fsp3) is 0.458. The number of piperidine rings is 1. The highest BCUT2D eigenvalue weighted by atomic mass is 16.2. The zero-order chi connectivity index (χ0) is 22.7. The molecule has 1 aliphatic rings. The molecule has 1 aromatic carbocycles. The van der Waals surface area contributed by atoms with Crippen LogP contribution in [0, 0.1) is 5.92 Å². The molecule has 4 rings (SSSR count). The van der Waals surface area contributed by atoms with Gasteiger partial charge in [-0.1, -0.05) is 13.8 Å². The number of rotatable bonds is 6. The molecule has 0 saturated carbocycles. The lowest BCUT2D eigenvalue weighted by atomic mass is 9.94. The van der Waals surface area contributed by atoms with Crippen LogP contribution in [0.2, 0.25) is 0 Å². The minimum atomic E-state index is -0.0672. The van der Waals surface area contributed by atoms with Crippen LogP contribution in [0.15, 0.2) is 36.9 Å². The summed E-state index contributed by atoms with van der Waals surface area (Å²) in [4.78, 5) is 40.4. The highest BCUT2D eigenvalue weighted by molar-refractivity contribution is 5.94. The molecule has 2 aromatic heterocycles. The minimum Gasteiger partial charge on any atom is -0.338 e. The van der Waals surface area contributed by atoms with Gasteiger partial charge in [-0.2, -0.15) is 0 Å². The van der Waals surface area contributed by atoms with Crippen molar-refractivity contribution >= 4 is 28.5 Å². The van der Waals surface area contributed by atoms with E-state index in [0.717, 1.165) is 41.9 Å². The second-order valence-corrected chi connectivity index (χ2v) is 8.73. The Hall–Kier alpha value is -3.29. The molecular weight excluding hydrogens is 404 g/mol. The first-order valence-electron chi connectivity index (χ1n) is 11.3. The summed E-state index contributed by atoms with van der Waals surface area (Å²) in [5.74, 6) is 0.978. The first-order valence-corrected chi connectivity index (χ1v) is 11.3. The van der Waals surface area contributed by atoms with Crippen LogP contribution in [-0.4, -0.2) is 49.3 Å². The van der Waals surface area contributed by atoms with Gasteiger partial charge in [-0.25, -0.2) is 15.0 Å². The van der Waals surface area contributed by atoms with Gasteiger partial charge in [0.05, 0.1) is 22.9 Å². The van der Waals surface area contributed by atoms with Crippen LogP contribution in [0.4, 0.5) is 5.69 Å². The van der Waals surface area contributed by atoms with Crippen molar-refractivity contribution < 1.29 is 9.59 Å². The van der Waals surface area contributed by atoms with Crippen LogP contribution < -0.4 is 5.32 Å². The Balaban J connectivity index is 1.35. The molecular formula is C24H30N6O2. The molecule has 3 aromatic rings. The van der Waals surface area contributed by atoms with Crippen molar-refractivity contribution in [2.45, 2.75) is 52.5 Å². The number of carbonyl (C=O) groups excluding carboxylic acids is 2. The van der Waals surface area contributed by atoms with Gasteiger partial charge in [-0.05, 0) is 43.9 Å². The van der Waals surface area contributed by atoms with E-state index in [1.807, 2.05) is 43.3 Å². The molecule has 168 valence electrons. The molecule has 1 aliphatic heterocycles. The van der Waals surface area contributed by atoms with Crippen molar-refractivity contribution in [3.63, 3.8) is 0 Å². The van der Waals surface area contributed by atoms with E-state index in [1.54, 1.807) is 12.4 Å². The number of benzene rings is 1. The summed E-state index contributed by atoms with van der Waals surface area (Å²) in [5.41, 5.74) is 3.16. The summed E-state index contributed by atoms with van der Waals surface area (Å²) in [6, 6.07) is 5.79. The number of hydrogen-bond acceptors (Lipinski definition) is 5. The highest BCUT2D eigenvalue weighted by Gasteiger charge is 2.26. The quantitative estimate of drug-likeness (QED) is 0.636. The van der Waals surface area contributed by atoms with Crippen LogP contribution in [-0.2, 0) is 11.3 Å². The number of amides is 2. The molecule has 32 heavy (non-hydrogen) atoms. The average molecular weight is 435 g/mol. The van der Waals surface area contributed by atoms with Crippen molar-refractivity contribution in [2.24, 2.45) is 5.92 Å². The predicted molar refractivity (Wildman–Crippen MR) is 123 cm³/mol. The van der Waals surface area contributed by atoms with Crippen LogP contribution >= 0.6 is 0 Å². The van der Waals surface area contributed by atoms with Crippen molar-refractivity contribution in [1.29, 1.82) is 0 Å². The lowest BCUT2D eigenvalue weighted by Gasteiger charge is -2.32. The smallest absolute Gasteiger partial charge is 0.256 e. The largest absolute Gasteiger partial charge is 0.338 e. The average Bonchev–Trinajstić information content (AvgIpc) is 3.21. The summed E-state index contributed by atoms with van der Waals surface area (Å²) in [7, 11) is 0. The van der Waals surface area contributed by atoms with E-state index < -0.39 is 0 Å². The van der Waals surface area contributed by atoms with Crippen molar-refractivity contribution in [3.05, 3.63) is 48.3 Å². The lowest BCUT2D eigenvalue weighted by molar-refractivity contribution is -0.117. The van der Waals surface area contributed by atoms with Gasteiger partial charge in [0, 0.05) is 50.1 Å². The van der Waals surface area contributed by atoms with Crippen molar-refractivity contribution in [1.82, 2.24) is 24.4 Å². The van der Waals surface area contributed by atoms with Crippen LogP contribution in [0.3, 0.4) is 0 Å². The molecule has 0 spiro atoms. The number of likely N-dealkylation sites (tertiary alicyclic amines) is 1. The fourth-order valence-corrected chi connectivity index (χ4v) is 4.21. The second-order valence-electron chi connectivity index (χ2n) is 8.73. The molecule has 0 aliphatic carbocycles. The monoisotopic (exact) mass is 434 g/mol. The van der Waals surface area contributed by atoms with E-state index >= 15 is 0 Å². The maximum Gasteiger partial charge on any atom is 0.256 e. The summed E-state index contributed by atoms with van der Waals surface area (Å²) in [6.07, 6.45) is 7.22. The Bertz CT molecular complexity index is 1110. The molecule has 8 nitrogen and oxygen atoms in total. The maximum absolute atomic E-state index is 12.9. The Morgan fingerprint density at radius 2 is 1.97 bits per heavy atom. The zero-order valence-corrected chi connectivity index (χ0v) is 18.9. The van der Waals surface area contributed by atoms with Crippen molar-refractivity contribution in [2.75, 3.05) is 18.4 Å². The lowest BCUT2D eigenvalue weighted by Crippen LogP contribution is -2.41.